The topological polar surface area (TPSA) is 0 Å². The Morgan fingerprint density at radius 2 is 1.68 bits per heavy atom. The Balaban J connectivity index is 1.54. The van der Waals surface area contributed by atoms with Gasteiger partial charge in [-0.05, 0) is 59.4 Å². The van der Waals surface area contributed by atoms with Crippen LogP contribution in [-0.4, -0.2) is 0 Å². The number of hydrogen-bond acceptors (Lipinski definition) is 1. The molecule has 0 aromatic heterocycles. The summed E-state index contributed by atoms with van der Waals surface area (Å²) < 4.78 is 38.7. The Bertz CT molecular complexity index is 983. The molecule has 0 bridgehead atoms. The highest BCUT2D eigenvalue weighted by molar-refractivity contribution is 7.98. The zero-order valence-electron chi connectivity index (χ0n) is 15.0. The molecule has 28 heavy (non-hydrogen) atoms. The molecule has 0 aliphatic heterocycles. The number of rotatable bonds is 4. The van der Waals surface area contributed by atoms with Crippen LogP contribution in [0, 0.1) is 0 Å². The zero-order chi connectivity index (χ0) is 19.7. The van der Waals surface area contributed by atoms with Gasteiger partial charge in [0.15, 0.2) is 0 Å². The van der Waals surface area contributed by atoms with Gasteiger partial charge >= 0.3 is 6.18 Å². The zero-order valence-corrected chi connectivity index (χ0v) is 16.5. The van der Waals surface area contributed by atoms with Gasteiger partial charge in [0.05, 0.1) is 5.56 Å². The molecular formula is C23H18ClF3S. The normalized spacial score (nSPS) is 16.2. The number of fused-ring (bicyclic) bond motifs is 1. The van der Waals surface area contributed by atoms with Crippen molar-refractivity contribution < 1.29 is 13.2 Å². The first kappa shape index (κ1) is 19.4. The van der Waals surface area contributed by atoms with E-state index in [4.69, 9.17) is 11.6 Å². The fourth-order valence-corrected chi connectivity index (χ4v) is 4.96. The Hall–Kier alpha value is -1.91. The summed E-state index contributed by atoms with van der Waals surface area (Å²) in [6.07, 6.45) is -2.59. The van der Waals surface area contributed by atoms with Crippen molar-refractivity contribution >= 4 is 23.4 Å². The summed E-state index contributed by atoms with van der Waals surface area (Å²) in [5, 5.41) is 0.190. The van der Waals surface area contributed by atoms with Gasteiger partial charge in [-0.3, -0.25) is 0 Å². The van der Waals surface area contributed by atoms with Gasteiger partial charge in [-0.15, -0.1) is 11.8 Å². The van der Waals surface area contributed by atoms with Gasteiger partial charge in [-0.25, -0.2) is 0 Å². The molecule has 3 aromatic rings. The molecular weight excluding hydrogens is 401 g/mol. The van der Waals surface area contributed by atoms with Crippen LogP contribution in [0.5, 0.6) is 0 Å². The van der Waals surface area contributed by atoms with Crippen LogP contribution in [0.2, 0.25) is 5.02 Å². The monoisotopic (exact) mass is 418 g/mol. The second kappa shape index (κ2) is 7.84. The molecule has 0 heterocycles. The average Bonchev–Trinajstić information content (AvgIpc) is 3.09. The van der Waals surface area contributed by atoms with E-state index in [1.165, 1.54) is 27.7 Å². The van der Waals surface area contributed by atoms with Crippen molar-refractivity contribution in [1.29, 1.82) is 0 Å². The molecule has 0 spiro atoms. The second-order valence-corrected chi connectivity index (χ2v) is 8.42. The lowest BCUT2D eigenvalue weighted by atomic mass is 9.92. The minimum Gasteiger partial charge on any atom is -0.166 e. The fraction of sp³-hybridized carbons (Fsp3) is 0.217. The standard InChI is InChI=1S/C23H18ClF3S/c24-22-13-17(23(25,26)27)7-10-21(22)20-9-6-16-12-18(8-11-19(16)20)28-14-15-4-2-1-3-5-15/h1-5,7-8,10-13,20H,6,9,14H2/t20-/m0/s1. The quantitative estimate of drug-likeness (QED) is 0.390. The third-order valence-electron chi connectivity index (χ3n) is 5.14. The Morgan fingerprint density at radius 1 is 0.929 bits per heavy atom. The van der Waals surface area contributed by atoms with Crippen molar-refractivity contribution in [1.82, 2.24) is 0 Å². The third kappa shape index (κ3) is 4.08. The maximum Gasteiger partial charge on any atom is 0.416 e. The number of thioether (sulfide) groups is 1. The largest absolute Gasteiger partial charge is 0.416 e. The number of hydrogen-bond donors (Lipinski definition) is 0. The summed E-state index contributed by atoms with van der Waals surface area (Å²) in [5.74, 6) is 0.964. The second-order valence-electron chi connectivity index (χ2n) is 6.96. The van der Waals surface area contributed by atoms with E-state index in [1.807, 2.05) is 18.2 Å². The van der Waals surface area contributed by atoms with E-state index < -0.39 is 11.7 Å². The molecule has 144 valence electrons. The maximum atomic E-state index is 12.9. The molecule has 3 aromatic carbocycles. The Morgan fingerprint density at radius 3 is 2.39 bits per heavy atom. The summed E-state index contributed by atoms with van der Waals surface area (Å²) in [5.41, 5.74) is 3.79. The minimum atomic E-state index is -4.37. The van der Waals surface area contributed by atoms with Crippen LogP contribution in [0.3, 0.4) is 0 Å². The Kier molecular flexibility index (Phi) is 5.44. The molecule has 0 amide bonds. The first-order valence-corrected chi connectivity index (χ1v) is 10.4. The predicted molar refractivity (Wildman–Crippen MR) is 109 cm³/mol. The van der Waals surface area contributed by atoms with Gasteiger partial charge < -0.3 is 0 Å². The van der Waals surface area contributed by atoms with E-state index in [9.17, 15) is 13.2 Å². The highest BCUT2D eigenvalue weighted by Crippen LogP contribution is 2.43. The summed E-state index contributed by atoms with van der Waals surface area (Å²) in [7, 11) is 0. The van der Waals surface area contributed by atoms with Crippen LogP contribution in [0.15, 0.2) is 71.6 Å². The predicted octanol–water partition coefficient (Wildman–Crippen LogP) is 7.73. The summed E-state index contributed by atoms with van der Waals surface area (Å²) in [6.45, 7) is 0. The van der Waals surface area contributed by atoms with Gasteiger partial charge in [0.2, 0.25) is 0 Å². The van der Waals surface area contributed by atoms with Crippen molar-refractivity contribution in [3.8, 4) is 0 Å². The van der Waals surface area contributed by atoms with Gasteiger partial charge in [0.25, 0.3) is 0 Å². The molecule has 0 saturated carbocycles. The summed E-state index contributed by atoms with van der Waals surface area (Å²) in [4.78, 5) is 1.21. The number of alkyl halides is 3. The van der Waals surface area contributed by atoms with E-state index >= 15 is 0 Å². The van der Waals surface area contributed by atoms with Gasteiger partial charge in [-0.2, -0.15) is 13.2 Å². The molecule has 0 unspecified atom stereocenters. The summed E-state index contributed by atoms with van der Waals surface area (Å²) in [6, 6.07) is 20.4. The van der Waals surface area contributed by atoms with Crippen LogP contribution in [0.1, 0.15) is 40.2 Å². The maximum absolute atomic E-state index is 12.9. The third-order valence-corrected chi connectivity index (χ3v) is 6.54. The number of aryl methyl sites for hydroxylation is 1. The first-order chi connectivity index (χ1) is 13.4. The van der Waals surface area contributed by atoms with Crippen molar-refractivity contribution in [3.05, 3.63) is 99.6 Å². The number of benzene rings is 3. The molecule has 0 nitrogen and oxygen atoms in total. The Labute approximate surface area is 171 Å². The number of halogens is 4. The van der Waals surface area contributed by atoms with Crippen LogP contribution in [-0.2, 0) is 18.3 Å². The molecule has 1 atom stereocenters. The lowest BCUT2D eigenvalue weighted by Gasteiger charge is -2.16. The molecule has 0 N–H and O–H groups in total. The molecule has 0 radical (unpaired) electrons. The van der Waals surface area contributed by atoms with Crippen LogP contribution in [0.4, 0.5) is 13.2 Å². The van der Waals surface area contributed by atoms with Crippen molar-refractivity contribution in [3.63, 3.8) is 0 Å². The highest BCUT2D eigenvalue weighted by atomic mass is 35.5. The van der Waals surface area contributed by atoms with Crippen LogP contribution in [0.25, 0.3) is 0 Å². The molecule has 1 aliphatic rings. The van der Waals surface area contributed by atoms with Crippen LogP contribution >= 0.6 is 23.4 Å². The van der Waals surface area contributed by atoms with E-state index in [1.54, 1.807) is 11.8 Å². The lowest BCUT2D eigenvalue weighted by Crippen LogP contribution is -2.06. The molecule has 0 fully saturated rings. The fourth-order valence-electron chi connectivity index (χ4n) is 3.73. The smallest absolute Gasteiger partial charge is 0.166 e. The van der Waals surface area contributed by atoms with E-state index in [0.29, 0.717) is 0 Å². The SMILES string of the molecule is FC(F)(F)c1ccc([C@H]2CCc3cc(SCc4ccccc4)ccc32)c(Cl)c1. The molecule has 5 heteroatoms. The molecule has 1 aliphatic carbocycles. The average molecular weight is 419 g/mol. The van der Waals surface area contributed by atoms with Crippen molar-refractivity contribution in [2.45, 2.75) is 35.6 Å². The van der Waals surface area contributed by atoms with Crippen molar-refractivity contribution in [2.75, 3.05) is 0 Å². The lowest BCUT2D eigenvalue weighted by molar-refractivity contribution is -0.137. The van der Waals surface area contributed by atoms with E-state index in [0.717, 1.165) is 36.3 Å². The first-order valence-electron chi connectivity index (χ1n) is 9.08. The summed E-state index contributed by atoms with van der Waals surface area (Å²) >= 11 is 8.02. The van der Waals surface area contributed by atoms with E-state index in [-0.39, 0.29) is 10.9 Å². The van der Waals surface area contributed by atoms with Gasteiger partial charge in [-0.1, -0.05) is 54.1 Å². The molecule has 4 rings (SSSR count). The van der Waals surface area contributed by atoms with Gasteiger partial charge in [0, 0.05) is 21.6 Å². The van der Waals surface area contributed by atoms with Crippen LogP contribution < -0.4 is 0 Å². The molecule has 0 saturated heterocycles. The minimum absolute atomic E-state index is 0.0537. The van der Waals surface area contributed by atoms with Gasteiger partial charge in [0.1, 0.15) is 0 Å². The van der Waals surface area contributed by atoms with E-state index in [2.05, 4.69) is 30.3 Å². The highest BCUT2D eigenvalue weighted by Gasteiger charge is 2.32. The van der Waals surface area contributed by atoms with Crippen molar-refractivity contribution in [2.24, 2.45) is 0 Å².